The Bertz CT molecular complexity index is 499. The van der Waals surface area contributed by atoms with Gasteiger partial charge in [0.15, 0.2) is 0 Å². The summed E-state index contributed by atoms with van der Waals surface area (Å²) in [5, 5.41) is 8.64. The van der Waals surface area contributed by atoms with Crippen LogP contribution < -0.4 is 4.74 Å². The van der Waals surface area contributed by atoms with Crippen LogP contribution >= 0.6 is 0 Å². The molecule has 0 radical (unpaired) electrons. The molecular weight excluding hydrogens is 271 g/mol. The minimum atomic E-state index is -4.56. The van der Waals surface area contributed by atoms with Gasteiger partial charge in [-0.05, 0) is 39.0 Å². The zero-order valence-electron chi connectivity index (χ0n) is 11.5. The van der Waals surface area contributed by atoms with E-state index in [0.29, 0.717) is 0 Å². The van der Waals surface area contributed by atoms with Crippen LogP contribution in [0.4, 0.5) is 13.2 Å². The minimum absolute atomic E-state index is 0.00620. The molecule has 6 heteroatoms. The fourth-order valence-corrected chi connectivity index (χ4v) is 1.45. The molecule has 0 aromatic heterocycles. The van der Waals surface area contributed by atoms with Gasteiger partial charge in [-0.3, -0.25) is 0 Å². The molecule has 110 valence electrons. The van der Waals surface area contributed by atoms with Crippen molar-refractivity contribution < 1.29 is 22.6 Å². The molecule has 0 atom stereocenters. The van der Waals surface area contributed by atoms with Gasteiger partial charge in [-0.25, -0.2) is 0 Å². The summed E-state index contributed by atoms with van der Waals surface area (Å²) in [6.07, 6.45) is -4.56. The van der Waals surface area contributed by atoms with Crippen molar-refractivity contribution >= 4 is 0 Å². The van der Waals surface area contributed by atoms with E-state index in [2.05, 4.69) is 0 Å². The van der Waals surface area contributed by atoms with E-state index in [1.807, 2.05) is 20.8 Å². The molecule has 1 aromatic rings. The maximum atomic E-state index is 12.8. The van der Waals surface area contributed by atoms with Gasteiger partial charge in [0.05, 0.1) is 29.4 Å². The standard InChI is InChI=1S/C14H16F3NO2/c1-13(2,3)20-7-6-19-12-5-4-10(9-18)8-11(12)14(15,16)17/h4-5,8H,6-7H2,1-3H3. The molecule has 1 rings (SSSR count). The number of hydrogen-bond donors (Lipinski definition) is 0. The lowest BCUT2D eigenvalue weighted by Gasteiger charge is -2.20. The average molecular weight is 287 g/mol. The van der Waals surface area contributed by atoms with Crippen molar-refractivity contribution in [2.75, 3.05) is 13.2 Å². The molecule has 0 aliphatic heterocycles. The monoisotopic (exact) mass is 287 g/mol. The third kappa shape index (κ3) is 5.10. The first-order chi connectivity index (χ1) is 9.13. The zero-order valence-corrected chi connectivity index (χ0v) is 11.5. The van der Waals surface area contributed by atoms with E-state index >= 15 is 0 Å². The third-order valence-electron chi connectivity index (χ3n) is 2.29. The molecule has 3 nitrogen and oxygen atoms in total. The second-order valence-corrected chi connectivity index (χ2v) is 5.13. The number of nitriles is 1. The molecule has 0 unspecified atom stereocenters. The van der Waals surface area contributed by atoms with Gasteiger partial charge >= 0.3 is 6.18 Å². The van der Waals surface area contributed by atoms with E-state index in [9.17, 15) is 13.2 Å². The van der Waals surface area contributed by atoms with Crippen molar-refractivity contribution in [2.24, 2.45) is 0 Å². The highest BCUT2D eigenvalue weighted by molar-refractivity contribution is 5.43. The fraction of sp³-hybridized carbons (Fsp3) is 0.500. The van der Waals surface area contributed by atoms with Crippen molar-refractivity contribution in [3.63, 3.8) is 0 Å². The summed E-state index contributed by atoms with van der Waals surface area (Å²) in [5.74, 6) is -0.297. The molecule has 0 spiro atoms. The number of nitrogens with zero attached hydrogens (tertiary/aromatic N) is 1. The van der Waals surface area contributed by atoms with Crippen LogP contribution in [0.5, 0.6) is 5.75 Å². The van der Waals surface area contributed by atoms with E-state index in [1.165, 1.54) is 6.07 Å². The quantitative estimate of drug-likeness (QED) is 0.792. The van der Waals surface area contributed by atoms with Crippen molar-refractivity contribution in [1.29, 1.82) is 5.26 Å². The highest BCUT2D eigenvalue weighted by Crippen LogP contribution is 2.36. The first kappa shape index (κ1) is 16.3. The maximum Gasteiger partial charge on any atom is 0.420 e. The van der Waals surface area contributed by atoms with Gasteiger partial charge in [0.1, 0.15) is 12.4 Å². The van der Waals surface area contributed by atoms with E-state index in [4.69, 9.17) is 14.7 Å². The van der Waals surface area contributed by atoms with Crippen LogP contribution in [0, 0.1) is 11.3 Å². The summed E-state index contributed by atoms with van der Waals surface area (Å²) < 4.78 is 49.0. The normalized spacial score (nSPS) is 12.1. The molecule has 0 saturated heterocycles. The molecule has 0 N–H and O–H groups in total. The first-order valence-electron chi connectivity index (χ1n) is 6.01. The highest BCUT2D eigenvalue weighted by atomic mass is 19.4. The predicted molar refractivity (Wildman–Crippen MR) is 67.4 cm³/mol. The summed E-state index contributed by atoms with van der Waals surface area (Å²) in [6, 6.07) is 4.89. The van der Waals surface area contributed by atoms with Crippen LogP contribution in [0.1, 0.15) is 31.9 Å². The average Bonchev–Trinajstić information content (AvgIpc) is 2.32. The van der Waals surface area contributed by atoms with Gasteiger partial charge in [-0.15, -0.1) is 0 Å². The molecule has 20 heavy (non-hydrogen) atoms. The molecule has 0 saturated carbocycles. The fourth-order valence-electron chi connectivity index (χ4n) is 1.45. The number of hydrogen-bond acceptors (Lipinski definition) is 3. The Hall–Kier alpha value is -1.74. The second kappa shape index (κ2) is 6.14. The van der Waals surface area contributed by atoms with Crippen LogP contribution in [0.25, 0.3) is 0 Å². The lowest BCUT2D eigenvalue weighted by atomic mass is 10.1. The Morgan fingerprint density at radius 1 is 1.15 bits per heavy atom. The van der Waals surface area contributed by atoms with Gasteiger partial charge < -0.3 is 9.47 Å². The van der Waals surface area contributed by atoms with Gasteiger partial charge in [0.25, 0.3) is 0 Å². The van der Waals surface area contributed by atoms with E-state index in [0.717, 1.165) is 12.1 Å². The van der Waals surface area contributed by atoms with Gasteiger partial charge in [0, 0.05) is 0 Å². The smallest absolute Gasteiger partial charge is 0.420 e. The third-order valence-corrected chi connectivity index (χ3v) is 2.29. The number of halogens is 3. The summed E-state index contributed by atoms with van der Waals surface area (Å²) in [7, 11) is 0. The number of ether oxygens (including phenoxy) is 2. The minimum Gasteiger partial charge on any atom is -0.491 e. The molecule has 0 heterocycles. The molecule has 0 aliphatic carbocycles. The summed E-state index contributed by atoms with van der Waals surface area (Å²) in [5.41, 5.74) is -1.39. The summed E-state index contributed by atoms with van der Waals surface area (Å²) in [4.78, 5) is 0. The van der Waals surface area contributed by atoms with Gasteiger partial charge in [-0.2, -0.15) is 18.4 Å². The topological polar surface area (TPSA) is 42.2 Å². The molecule has 0 fully saturated rings. The van der Waals surface area contributed by atoms with Crippen LogP contribution in [-0.2, 0) is 10.9 Å². The number of benzene rings is 1. The van der Waals surface area contributed by atoms with E-state index in [1.54, 1.807) is 6.07 Å². The van der Waals surface area contributed by atoms with Crippen LogP contribution in [0.2, 0.25) is 0 Å². The Labute approximate surface area is 115 Å². The molecule has 1 aromatic carbocycles. The van der Waals surface area contributed by atoms with Crippen molar-refractivity contribution in [3.8, 4) is 11.8 Å². The van der Waals surface area contributed by atoms with Crippen molar-refractivity contribution in [3.05, 3.63) is 29.3 Å². The lowest BCUT2D eigenvalue weighted by molar-refractivity contribution is -0.139. The largest absolute Gasteiger partial charge is 0.491 e. The molecular formula is C14H16F3NO2. The summed E-state index contributed by atoms with van der Waals surface area (Å²) >= 11 is 0. The van der Waals surface area contributed by atoms with Gasteiger partial charge in [0.2, 0.25) is 0 Å². The summed E-state index contributed by atoms with van der Waals surface area (Å²) in [6.45, 7) is 5.72. The Morgan fingerprint density at radius 2 is 1.80 bits per heavy atom. The molecule has 0 aliphatic rings. The van der Waals surface area contributed by atoms with Crippen LogP contribution in [0.15, 0.2) is 18.2 Å². The lowest BCUT2D eigenvalue weighted by Crippen LogP contribution is -2.23. The van der Waals surface area contributed by atoms with Gasteiger partial charge in [-0.1, -0.05) is 0 Å². The van der Waals surface area contributed by atoms with Crippen LogP contribution in [-0.4, -0.2) is 18.8 Å². The predicted octanol–water partition coefficient (Wildman–Crippen LogP) is 3.77. The van der Waals surface area contributed by atoms with E-state index < -0.39 is 11.7 Å². The molecule has 0 amide bonds. The Kier molecular flexibility index (Phi) is 5.01. The zero-order chi connectivity index (χ0) is 15.4. The Morgan fingerprint density at radius 3 is 2.30 bits per heavy atom. The second-order valence-electron chi connectivity index (χ2n) is 5.13. The maximum absolute atomic E-state index is 12.8. The first-order valence-corrected chi connectivity index (χ1v) is 6.01. The molecule has 0 bridgehead atoms. The SMILES string of the molecule is CC(C)(C)OCCOc1ccc(C#N)cc1C(F)(F)F. The highest BCUT2D eigenvalue weighted by Gasteiger charge is 2.34. The van der Waals surface area contributed by atoms with Crippen molar-refractivity contribution in [1.82, 2.24) is 0 Å². The number of rotatable bonds is 4. The number of alkyl halides is 3. The Balaban J connectivity index is 2.78. The van der Waals surface area contributed by atoms with Crippen molar-refractivity contribution in [2.45, 2.75) is 32.5 Å². The van der Waals surface area contributed by atoms with Crippen LogP contribution in [0.3, 0.4) is 0 Å². The van der Waals surface area contributed by atoms with E-state index in [-0.39, 0.29) is 30.1 Å².